The molecule has 1 saturated heterocycles. The molecule has 1 aliphatic heterocycles. The van der Waals surface area contributed by atoms with Crippen LogP contribution >= 0.6 is 11.6 Å². The maximum absolute atomic E-state index is 5.96. The molecule has 0 amide bonds. The molecule has 2 aromatic rings. The van der Waals surface area contributed by atoms with Crippen molar-refractivity contribution in [3.8, 4) is 11.3 Å². The first-order chi connectivity index (χ1) is 8.33. The average molecular weight is 249 g/mol. The van der Waals surface area contributed by atoms with E-state index in [1.165, 1.54) is 6.42 Å². The Kier molecular flexibility index (Phi) is 2.87. The van der Waals surface area contributed by atoms with Gasteiger partial charge in [-0.1, -0.05) is 23.7 Å². The minimum atomic E-state index is 0.267. The van der Waals surface area contributed by atoms with Crippen molar-refractivity contribution in [2.24, 2.45) is 0 Å². The molecule has 0 radical (unpaired) electrons. The number of oxazole rings is 1. The lowest BCUT2D eigenvalue weighted by atomic mass is 10.2. The Morgan fingerprint density at radius 3 is 3.12 bits per heavy atom. The predicted molar refractivity (Wildman–Crippen MR) is 66.9 cm³/mol. The number of aromatic nitrogens is 1. The van der Waals surface area contributed by atoms with E-state index in [2.05, 4.69) is 10.3 Å². The molecule has 3 nitrogen and oxygen atoms in total. The topological polar surface area (TPSA) is 38.1 Å². The van der Waals surface area contributed by atoms with Gasteiger partial charge < -0.3 is 9.73 Å². The van der Waals surface area contributed by atoms with Gasteiger partial charge in [0.15, 0.2) is 0 Å². The second-order valence-electron chi connectivity index (χ2n) is 4.23. The molecule has 1 aromatic heterocycles. The highest BCUT2D eigenvalue weighted by molar-refractivity contribution is 6.30. The molecule has 1 atom stereocenters. The van der Waals surface area contributed by atoms with Crippen molar-refractivity contribution >= 4 is 11.6 Å². The molecule has 1 aromatic carbocycles. The van der Waals surface area contributed by atoms with Crippen LogP contribution in [-0.2, 0) is 0 Å². The monoisotopic (exact) mass is 248 g/mol. The molecule has 2 heterocycles. The van der Waals surface area contributed by atoms with E-state index < -0.39 is 0 Å². The van der Waals surface area contributed by atoms with Gasteiger partial charge >= 0.3 is 0 Å². The van der Waals surface area contributed by atoms with Crippen LogP contribution in [0.5, 0.6) is 0 Å². The van der Waals surface area contributed by atoms with Gasteiger partial charge in [0.2, 0.25) is 5.89 Å². The van der Waals surface area contributed by atoms with Crippen LogP contribution in [0.1, 0.15) is 24.8 Å². The molecule has 0 spiro atoms. The Morgan fingerprint density at radius 2 is 2.35 bits per heavy atom. The molecule has 3 rings (SSSR count). The number of hydrogen-bond acceptors (Lipinski definition) is 3. The molecule has 1 unspecified atom stereocenters. The standard InChI is InChI=1S/C13H13ClN2O/c14-10-4-1-3-9(7-10)12-8-17-13(16-12)11-5-2-6-15-11/h1,3-4,7-8,11,15H,2,5-6H2. The van der Waals surface area contributed by atoms with Crippen LogP contribution in [0.15, 0.2) is 34.9 Å². The van der Waals surface area contributed by atoms with Crippen LogP contribution in [0.3, 0.4) is 0 Å². The molecule has 1 fully saturated rings. The second-order valence-corrected chi connectivity index (χ2v) is 4.67. The Balaban J connectivity index is 1.89. The molecule has 4 heteroatoms. The number of halogens is 1. The SMILES string of the molecule is Clc1cccc(-c2coc(C3CCCN3)n2)c1. The van der Waals surface area contributed by atoms with Crippen LogP contribution in [0.2, 0.25) is 5.02 Å². The third-order valence-electron chi connectivity index (χ3n) is 3.00. The van der Waals surface area contributed by atoms with Crippen LogP contribution in [0.4, 0.5) is 0 Å². The van der Waals surface area contributed by atoms with Crippen LogP contribution in [0.25, 0.3) is 11.3 Å². The summed E-state index contributed by atoms with van der Waals surface area (Å²) in [5.41, 5.74) is 1.83. The number of rotatable bonds is 2. The van der Waals surface area contributed by atoms with Crippen molar-refractivity contribution in [2.75, 3.05) is 6.54 Å². The largest absolute Gasteiger partial charge is 0.447 e. The fourth-order valence-corrected chi connectivity index (χ4v) is 2.31. The number of hydrogen-bond donors (Lipinski definition) is 1. The fourth-order valence-electron chi connectivity index (χ4n) is 2.12. The summed E-state index contributed by atoms with van der Waals surface area (Å²) in [5.74, 6) is 0.775. The number of nitrogens with one attached hydrogen (secondary N) is 1. The highest BCUT2D eigenvalue weighted by Gasteiger charge is 2.21. The summed E-state index contributed by atoms with van der Waals surface area (Å²) in [6.45, 7) is 1.04. The third-order valence-corrected chi connectivity index (χ3v) is 3.24. The number of nitrogens with zero attached hydrogens (tertiary/aromatic N) is 1. The molecule has 0 bridgehead atoms. The first-order valence-corrected chi connectivity index (χ1v) is 6.15. The van der Waals surface area contributed by atoms with Crippen LogP contribution in [-0.4, -0.2) is 11.5 Å². The molecular formula is C13H13ClN2O. The zero-order chi connectivity index (χ0) is 11.7. The van der Waals surface area contributed by atoms with Crippen molar-refractivity contribution < 1.29 is 4.42 Å². The zero-order valence-corrected chi connectivity index (χ0v) is 10.1. The summed E-state index contributed by atoms with van der Waals surface area (Å²) in [7, 11) is 0. The van der Waals surface area contributed by atoms with Gasteiger partial charge in [-0.15, -0.1) is 0 Å². The molecule has 17 heavy (non-hydrogen) atoms. The van der Waals surface area contributed by atoms with Gasteiger partial charge in [0.05, 0.1) is 6.04 Å². The van der Waals surface area contributed by atoms with E-state index in [0.29, 0.717) is 5.02 Å². The molecule has 0 saturated carbocycles. The second kappa shape index (κ2) is 4.51. The van der Waals surface area contributed by atoms with E-state index in [9.17, 15) is 0 Å². The van der Waals surface area contributed by atoms with Gasteiger partial charge in [-0.2, -0.15) is 0 Å². The molecular weight excluding hydrogens is 236 g/mol. The van der Waals surface area contributed by atoms with Crippen molar-refractivity contribution in [2.45, 2.75) is 18.9 Å². The van der Waals surface area contributed by atoms with E-state index in [1.807, 2.05) is 24.3 Å². The van der Waals surface area contributed by atoms with Gasteiger partial charge in [-0.05, 0) is 31.5 Å². The summed E-state index contributed by atoms with van der Waals surface area (Å²) >= 11 is 5.96. The number of benzene rings is 1. The van der Waals surface area contributed by atoms with Crippen molar-refractivity contribution in [3.63, 3.8) is 0 Å². The summed E-state index contributed by atoms with van der Waals surface area (Å²) < 4.78 is 5.53. The normalized spacial score (nSPS) is 19.7. The predicted octanol–water partition coefficient (Wildman–Crippen LogP) is 3.42. The summed E-state index contributed by atoms with van der Waals surface area (Å²) in [4.78, 5) is 4.52. The fraction of sp³-hybridized carbons (Fsp3) is 0.308. The Hall–Kier alpha value is -1.32. The van der Waals surface area contributed by atoms with E-state index in [4.69, 9.17) is 16.0 Å². The van der Waals surface area contributed by atoms with E-state index >= 15 is 0 Å². The van der Waals surface area contributed by atoms with Gasteiger partial charge in [-0.3, -0.25) is 0 Å². The average Bonchev–Trinajstić information content (AvgIpc) is 3.00. The highest BCUT2D eigenvalue weighted by Crippen LogP contribution is 2.27. The van der Waals surface area contributed by atoms with Gasteiger partial charge in [0.1, 0.15) is 12.0 Å². The first-order valence-electron chi connectivity index (χ1n) is 5.78. The lowest BCUT2D eigenvalue weighted by Crippen LogP contribution is -2.12. The van der Waals surface area contributed by atoms with Gasteiger partial charge in [0, 0.05) is 10.6 Å². The summed E-state index contributed by atoms with van der Waals surface area (Å²) in [6, 6.07) is 7.91. The highest BCUT2D eigenvalue weighted by atomic mass is 35.5. The van der Waals surface area contributed by atoms with Crippen LogP contribution < -0.4 is 5.32 Å². The van der Waals surface area contributed by atoms with E-state index in [1.54, 1.807) is 6.26 Å². The summed E-state index contributed by atoms with van der Waals surface area (Å²) in [5, 5.41) is 4.08. The van der Waals surface area contributed by atoms with Crippen molar-refractivity contribution in [1.82, 2.24) is 10.3 Å². The Morgan fingerprint density at radius 1 is 1.41 bits per heavy atom. The first kappa shape index (κ1) is 10.8. The maximum Gasteiger partial charge on any atom is 0.211 e. The lowest BCUT2D eigenvalue weighted by molar-refractivity contribution is 0.429. The minimum absolute atomic E-state index is 0.267. The van der Waals surface area contributed by atoms with Crippen LogP contribution in [0, 0.1) is 0 Å². The summed E-state index contributed by atoms with van der Waals surface area (Å²) in [6.07, 6.45) is 3.97. The van der Waals surface area contributed by atoms with Crippen molar-refractivity contribution in [3.05, 3.63) is 41.4 Å². The maximum atomic E-state index is 5.96. The van der Waals surface area contributed by atoms with Gasteiger partial charge in [-0.25, -0.2) is 4.98 Å². The Labute approximate surface area is 105 Å². The molecule has 0 aliphatic carbocycles. The molecule has 1 N–H and O–H groups in total. The van der Waals surface area contributed by atoms with E-state index in [-0.39, 0.29) is 6.04 Å². The van der Waals surface area contributed by atoms with Crippen molar-refractivity contribution in [1.29, 1.82) is 0 Å². The quantitative estimate of drug-likeness (QED) is 0.885. The van der Waals surface area contributed by atoms with Gasteiger partial charge in [0.25, 0.3) is 0 Å². The lowest BCUT2D eigenvalue weighted by Gasteiger charge is -2.03. The smallest absolute Gasteiger partial charge is 0.211 e. The minimum Gasteiger partial charge on any atom is -0.447 e. The Bertz CT molecular complexity index is 518. The zero-order valence-electron chi connectivity index (χ0n) is 9.32. The van der Waals surface area contributed by atoms with E-state index in [0.717, 1.165) is 30.1 Å². The molecule has 1 aliphatic rings. The molecule has 88 valence electrons. The third kappa shape index (κ3) is 2.21.